The lowest BCUT2D eigenvalue weighted by Crippen LogP contribution is -1.83. The first kappa shape index (κ1) is 14.6. The van der Waals surface area contributed by atoms with Gasteiger partial charge in [-0.1, -0.05) is 23.7 Å². The second kappa shape index (κ2) is 6.47. The van der Waals surface area contributed by atoms with Crippen LogP contribution in [0.3, 0.4) is 0 Å². The van der Waals surface area contributed by atoms with Gasteiger partial charge < -0.3 is 10.2 Å². The van der Waals surface area contributed by atoms with Gasteiger partial charge in [-0.05, 0) is 24.3 Å². The standard InChI is InChI=1S/C18H10O2/c1-5-13(6-2)9-15-11-18(20)16(12-17(15)19)10-14(7-3)8-4/h1-4,9-12,19-20H. The van der Waals surface area contributed by atoms with Crippen molar-refractivity contribution in [3.05, 3.63) is 34.4 Å². The number of allylic oxidation sites excluding steroid dienone is 2. The molecule has 0 atom stereocenters. The SMILES string of the molecule is C#CC(C#C)=Cc1cc(O)c(C=C(C#C)C#C)cc1O. The summed E-state index contributed by atoms with van der Waals surface area (Å²) in [6.45, 7) is 0. The van der Waals surface area contributed by atoms with E-state index >= 15 is 0 Å². The average Bonchev–Trinajstić information content (AvgIpc) is 2.46. The molecule has 0 saturated carbocycles. The van der Waals surface area contributed by atoms with Crippen LogP contribution in [0.5, 0.6) is 11.5 Å². The number of hydrogen-bond donors (Lipinski definition) is 2. The normalized spacial score (nSPS) is 8.20. The molecule has 0 amide bonds. The van der Waals surface area contributed by atoms with E-state index in [1.165, 1.54) is 24.3 Å². The van der Waals surface area contributed by atoms with Crippen molar-refractivity contribution in [3.63, 3.8) is 0 Å². The van der Waals surface area contributed by atoms with Gasteiger partial charge in [0.1, 0.15) is 11.5 Å². The molecular formula is C18H10O2. The van der Waals surface area contributed by atoms with E-state index < -0.39 is 0 Å². The predicted molar refractivity (Wildman–Crippen MR) is 81.1 cm³/mol. The Balaban J connectivity index is 3.40. The van der Waals surface area contributed by atoms with Gasteiger partial charge in [-0.2, -0.15) is 0 Å². The van der Waals surface area contributed by atoms with Crippen molar-refractivity contribution in [2.24, 2.45) is 0 Å². The van der Waals surface area contributed by atoms with Crippen molar-refractivity contribution in [1.29, 1.82) is 0 Å². The van der Waals surface area contributed by atoms with E-state index in [1.807, 2.05) is 0 Å². The summed E-state index contributed by atoms with van der Waals surface area (Å²) in [4.78, 5) is 0. The van der Waals surface area contributed by atoms with Gasteiger partial charge in [0, 0.05) is 11.1 Å². The quantitative estimate of drug-likeness (QED) is 0.631. The zero-order valence-corrected chi connectivity index (χ0v) is 10.5. The van der Waals surface area contributed by atoms with Crippen LogP contribution in [-0.2, 0) is 0 Å². The molecule has 0 fully saturated rings. The highest BCUT2D eigenvalue weighted by Gasteiger charge is 2.06. The molecule has 0 spiro atoms. The van der Waals surface area contributed by atoms with Gasteiger partial charge in [0.15, 0.2) is 0 Å². The van der Waals surface area contributed by atoms with Gasteiger partial charge in [-0.25, -0.2) is 0 Å². The lowest BCUT2D eigenvalue weighted by molar-refractivity contribution is 0.458. The maximum atomic E-state index is 9.89. The molecule has 1 aromatic rings. The number of rotatable bonds is 2. The van der Waals surface area contributed by atoms with Gasteiger partial charge in [0.25, 0.3) is 0 Å². The van der Waals surface area contributed by atoms with Crippen molar-refractivity contribution in [1.82, 2.24) is 0 Å². The molecule has 0 radical (unpaired) electrons. The Morgan fingerprint density at radius 2 is 1.05 bits per heavy atom. The van der Waals surface area contributed by atoms with Crippen LogP contribution in [0.1, 0.15) is 11.1 Å². The van der Waals surface area contributed by atoms with Crippen LogP contribution in [-0.4, -0.2) is 10.2 Å². The van der Waals surface area contributed by atoms with Gasteiger partial charge in [0.05, 0.1) is 11.1 Å². The summed E-state index contributed by atoms with van der Waals surface area (Å²) in [5.41, 5.74) is 1.09. The molecule has 0 aliphatic heterocycles. The first-order valence-electron chi connectivity index (χ1n) is 5.41. The largest absolute Gasteiger partial charge is 0.507 e. The second-order valence-corrected chi connectivity index (χ2v) is 3.66. The minimum atomic E-state index is -0.106. The maximum Gasteiger partial charge on any atom is 0.123 e. The van der Waals surface area contributed by atoms with E-state index in [9.17, 15) is 10.2 Å². The fourth-order valence-electron chi connectivity index (χ4n) is 1.40. The molecule has 1 aromatic carbocycles. The molecule has 2 nitrogen and oxygen atoms in total. The summed E-state index contributed by atoms with van der Waals surface area (Å²) in [7, 11) is 0. The third kappa shape index (κ3) is 3.27. The molecule has 2 heteroatoms. The first-order valence-corrected chi connectivity index (χ1v) is 5.41. The Hall–Kier alpha value is -3.46. The monoisotopic (exact) mass is 258 g/mol. The zero-order valence-electron chi connectivity index (χ0n) is 10.5. The molecule has 0 aliphatic rings. The van der Waals surface area contributed by atoms with E-state index in [1.54, 1.807) is 0 Å². The number of phenols is 2. The molecule has 94 valence electrons. The molecule has 0 heterocycles. The molecule has 0 unspecified atom stereocenters. The summed E-state index contributed by atoms with van der Waals surface area (Å²) < 4.78 is 0. The molecule has 1 rings (SSSR count). The third-order valence-corrected chi connectivity index (χ3v) is 2.40. The molecule has 2 N–H and O–H groups in total. The third-order valence-electron chi connectivity index (χ3n) is 2.40. The van der Waals surface area contributed by atoms with Crippen molar-refractivity contribution in [3.8, 4) is 60.9 Å². The Morgan fingerprint density at radius 3 is 1.30 bits per heavy atom. The topological polar surface area (TPSA) is 40.5 Å². The molecule has 0 aliphatic carbocycles. The Morgan fingerprint density at radius 1 is 0.750 bits per heavy atom. The van der Waals surface area contributed by atoms with E-state index in [4.69, 9.17) is 25.7 Å². The van der Waals surface area contributed by atoms with E-state index in [-0.39, 0.29) is 22.6 Å². The summed E-state index contributed by atoms with van der Waals surface area (Å²) in [6, 6.07) is 2.64. The highest BCUT2D eigenvalue weighted by molar-refractivity contribution is 5.74. The van der Waals surface area contributed by atoms with Crippen LogP contribution in [0, 0.1) is 49.4 Å². The van der Waals surface area contributed by atoms with Gasteiger partial charge in [-0.15, -0.1) is 25.7 Å². The van der Waals surface area contributed by atoms with Crippen LogP contribution in [0.2, 0.25) is 0 Å². The Labute approximate surface area is 118 Å². The number of terminal acetylenes is 4. The van der Waals surface area contributed by atoms with Crippen LogP contribution in [0.4, 0.5) is 0 Å². The van der Waals surface area contributed by atoms with Crippen LogP contribution < -0.4 is 0 Å². The van der Waals surface area contributed by atoms with Gasteiger partial charge in [-0.3, -0.25) is 0 Å². The highest BCUT2D eigenvalue weighted by Crippen LogP contribution is 2.30. The number of benzene rings is 1. The average molecular weight is 258 g/mol. The summed E-state index contributed by atoms with van der Waals surface area (Å²) in [5.74, 6) is 8.90. The van der Waals surface area contributed by atoms with Crippen LogP contribution >= 0.6 is 0 Å². The lowest BCUT2D eigenvalue weighted by atomic mass is 10.0. The van der Waals surface area contributed by atoms with Crippen molar-refractivity contribution in [2.75, 3.05) is 0 Å². The molecular weight excluding hydrogens is 248 g/mol. The number of aromatic hydroxyl groups is 2. The van der Waals surface area contributed by atoms with Gasteiger partial charge in [0.2, 0.25) is 0 Å². The van der Waals surface area contributed by atoms with Crippen molar-refractivity contribution >= 4 is 12.2 Å². The summed E-state index contributed by atoms with van der Waals surface area (Å²) >= 11 is 0. The fraction of sp³-hybridized carbons (Fsp3) is 0. The van der Waals surface area contributed by atoms with E-state index in [0.29, 0.717) is 11.1 Å². The maximum absolute atomic E-state index is 9.89. The minimum Gasteiger partial charge on any atom is -0.507 e. The van der Waals surface area contributed by atoms with E-state index in [0.717, 1.165) is 0 Å². The first-order chi connectivity index (χ1) is 9.55. The van der Waals surface area contributed by atoms with Crippen LogP contribution in [0.25, 0.3) is 12.2 Å². The molecule has 20 heavy (non-hydrogen) atoms. The summed E-state index contributed by atoms with van der Waals surface area (Å²) in [5, 5.41) is 19.8. The minimum absolute atomic E-state index is 0.106. The molecule has 0 bridgehead atoms. The molecule has 0 aromatic heterocycles. The fourth-order valence-corrected chi connectivity index (χ4v) is 1.40. The van der Waals surface area contributed by atoms with Crippen molar-refractivity contribution < 1.29 is 10.2 Å². The van der Waals surface area contributed by atoms with E-state index in [2.05, 4.69) is 23.7 Å². The highest BCUT2D eigenvalue weighted by atomic mass is 16.3. The zero-order chi connectivity index (χ0) is 15.1. The van der Waals surface area contributed by atoms with Crippen molar-refractivity contribution in [2.45, 2.75) is 0 Å². The smallest absolute Gasteiger partial charge is 0.123 e. The van der Waals surface area contributed by atoms with Crippen LogP contribution in [0.15, 0.2) is 23.3 Å². The number of hydrogen-bond acceptors (Lipinski definition) is 2. The predicted octanol–water partition coefficient (Wildman–Crippen LogP) is 2.40. The Bertz CT molecular complexity index is 664. The lowest BCUT2D eigenvalue weighted by Gasteiger charge is -2.05. The molecule has 0 saturated heterocycles. The second-order valence-electron chi connectivity index (χ2n) is 3.66. The number of phenolic OH excluding ortho intramolecular Hbond substituents is 2. The summed E-state index contributed by atoms with van der Waals surface area (Å²) in [6.07, 6.45) is 23.6. The Kier molecular flexibility index (Phi) is 4.72. The van der Waals surface area contributed by atoms with Gasteiger partial charge >= 0.3 is 0 Å².